The number of piperidine rings is 1. The molecular formula is C23H27NO5. The van der Waals surface area contributed by atoms with E-state index in [1.54, 1.807) is 0 Å². The second-order valence-electron chi connectivity index (χ2n) is 8.41. The van der Waals surface area contributed by atoms with E-state index in [0.29, 0.717) is 29.1 Å². The Hall–Kier alpha value is -2.60. The van der Waals surface area contributed by atoms with Crippen molar-refractivity contribution in [3.05, 3.63) is 29.8 Å². The molecule has 2 aliphatic heterocycles. The van der Waals surface area contributed by atoms with Crippen LogP contribution in [0.3, 0.4) is 0 Å². The molecule has 154 valence electrons. The Bertz CT molecular complexity index is 959. The van der Waals surface area contributed by atoms with Gasteiger partial charge in [0.15, 0.2) is 11.5 Å². The molecular weight excluding hydrogens is 370 g/mol. The Balaban J connectivity index is 1.86. The molecule has 0 radical (unpaired) electrons. The topological polar surface area (TPSA) is 73.9 Å². The summed E-state index contributed by atoms with van der Waals surface area (Å²) in [5.41, 5.74) is 0.469. The van der Waals surface area contributed by atoms with Crippen molar-refractivity contribution in [3.8, 4) is 17.2 Å². The van der Waals surface area contributed by atoms with E-state index >= 15 is 0 Å². The number of rotatable bonds is 3. The highest BCUT2D eigenvalue weighted by atomic mass is 16.6. The summed E-state index contributed by atoms with van der Waals surface area (Å²) < 4.78 is 17.8. The van der Waals surface area contributed by atoms with Crippen LogP contribution in [0.25, 0.3) is 10.8 Å². The third kappa shape index (κ3) is 3.94. The summed E-state index contributed by atoms with van der Waals surface area (Å²) >= 11 is 0. The van der Waals surface area contributed by atoms with Crippen molar-refractivity contribution >= 4 is 22.7 Å². The zero-order valence-corrected chi connectivity index (χ0v) is 17.2. The van der Waals surface area contributed by atoms with Crippen molar-refractivity contribution in [3.63, 3.8) is 0 Å². The largest absolute Gasteiger partial charge is 0.487 e. The standard InChI is InChI=1S/C23H27NO5/c1-14(25)27-20-17-7-5-4-6-16(17)19-18(8-11-23(2,3)29-19)21(20)28-22(26)15-9-12-24-13-10-15/h4-7,15,24H,8-13H2,1-3H3. The fourth-order valence-electron chi connectivity index (χ4n) is 4.10. The predicted molar refractivity (Wildman–Crippen MR) is 110 cm³/mol. The molecule has 1 N–H and O–H groups in total. The van der Waals surface area contributed by atoms with Gasteiger partial charge in [0.2, 0.25) is 0 Å². The molecule has 6 heteroatoms. The minimum absolute atomic E-state index is 0.163. The molecule has 29 heavy (non-hydrogen) atoms. The number of nitrogens with one attached hydrogen (secondary N) is 1. The number of hydrogen-bond donors (Lipinski definition) is 1. The number of carbonyl (C=O) groups excluding carboxylic acids is 2. The number of carbonyl (C=O) groups is 2. The van der Waals surface area contributed by atoms with Crippen LogP contribution in [0.4, 0.5) is 0 Å². The first-order valence-electron chi connectivity index (χ1n) is 10.2. The Morgan fingerprint density at radius 2 is 1.76 bits per heavy atom. The van der Waals surface area contributed by atoms with Gasteiger partial charge in [-0.25, -0.2) is 0 Å². The van der Waals surface area contributed by atoms with E-state index in [2.05, 4.69) is 5.32 Å². The maximum atomic E-state index is 12.9. The molecule has 0 bridgehead atoms. The molecule has 4 rings (SSSR count). The minimum atomic E-state index is -0.452. The first-order valence-corrected chi connectivity index (χ1v) is 10.2. The van der Waals surface area contributed by atoms with Crippen LogP contribution in [0.1, 0.15) is 45.6 Å². The highest BCUT2D eigenvalue weighted by Gasteiger charge is 2.35. The minimum Gasteiger partial charge on any atom is -0.487 e. The van der Waals surface area contributed by atoms with Gasteiger partial charge in [-0.15, -0.1) is 0 Å². The Labute approximate surface area is 170 Å². The average Bonchev–Trinajstić information content (AvgIpc) is 2.70. The number of hydrogen-bond acceptors (Lipinski definition) is 6. The quantitative estimate of drug-likeness (QED) is 0.628. The first kappa shape index (κ1) is 19.7. The molecule has 0 unspecified atom stereocenters. The lowest BCUT2D eigenvalue weighted by Gasteiger charge is -2.35. The normalized spacial score (nSPS) is 18.6. The van der Waals surface area contributed by atoms with Gasteiger partial charge in [-0.1, -0.05) is 24.3 Å². The van der Waals surface area contributed by atoms with Gasteiger partial charge < -0.3 is 19.5 Å². The maximum Gasteiger partial charge on any atom is 0.314 e. The van der Waals surface area contributed by atoms with Crippen molar-refractivity contribution < 1.29 is 23.8 Å². The van der Waals surface area contributed by atoms with E-state index < -0.39 is 5.97 Å². The fourth-order valence-corrected chi connectivity index (χ4v) is 4.10. The maximum absolute atomic E-state index is 12.9. The Kier molecular flexibility index (Phi) is 5.21. The van der Waals surface area contributed by atoms with Crippen LogP contribution >= 0.6 is 0 Å². The van der Waals surface area contributed by atoms with Crippen LogP contribution in [-0.2, 0) is 16.0 Å². The fraction of sp³-hybridized carbons (Fsp3) is 0.478. The zero-order valence-electron chi connectivity index (χ0n) is 17.2. The molecule has 1 saturated heterocycles. The van der Waals surface area contributed by atoms with Crippen molar-refractivity contribution in [1.82, 2.24) is 5.32 Å². The second-order valence-corrected chi connectivity index (χ2v) is 8.41. The summed E-state index contributed by atoms with van der Waals surface area (Å²) in [6.07, 6.45) is 2.92. The summed E-state index contributed by atoms with van der Waals surface area (Å²) in [6, 6.07) is 7.60. The van der Waals surface area contributed by atoms with E-state index in [4.69, 9.17) is 14.2 Å². The Morgan fingerprint density at radius 1 is 1.07 bits per heavy atom. The third-order valence-electron chi connectivity index (χ3n) is 5.65. The van der Waals surface area contributed by atoms with Gasteiger partial charge in [-0.3, -0.25) is 9.59 Å². The van der Waals surface area contributed by atoms with Gasteiger partial charge in [-0.2, -0.15) is 0 Å². The molecule has 0 atom stereocenters. The number of benzene rings is 2. The van der Waals surface area contributed by atoms with Gasteiger partial charge in [0.25, 0.3) is 0 Å². The van der Waals surface area contributed by atoms with E-state index in [9.17, 15) is 9.59 Å². The van der Waals surface area contributed by atoms with Gasteiger partial charge in [0.05, 0.1) is 5.92 Å². The summed E-state index contributed by atoms with van der Waals surface area (Å²) in [6.45, 7) is 7.04. The van der Waals surface area contributed by atoms with Gasteiger partial charge in [0, 0.05) is 23.3 Å². The molecule has 2 aromatic carbocycles. The molecule has 0 saturated carbocycles. The number of fused-ring (bicyclic) bond motifs is 3. The van der Waals surface area contributed by atoms with E-state index in [0.717, 1.165) is 43.3 Å². The molecule has 0 spiro atoms. The lowest BCUT2D eigenvalue weighted by atomic mass is 9.90. The summed E-state index contributed by atoms with van der Waals surface area (Å²) in [5.74, 6) is 0.448. The SMILES string of the molecule is CC(=O)Oc1c(OC(=O)C2CCNCC2)c2c(c3ccccc13)OC(C)(C)CC2. The van der Waals surface area contributed by atoms with Crippen LogP contribution in [0.5, 0.6) is 17.2 Å². The van der Waals surface area contributed by atoms with Gasteiger partial charge in [-0.05, 0) is 52.6 Å². The van der Waals surface area contributed by atoms with Crippen molar-refractivity contribution in [2.75, 3.05) is 13.1 Å². The molecule has 2 aromatic rings. The second kappa shape index (κ2) is 7.67. The predicted octanol–water partition coefficient (Wildman–Crippen LogP) is 3.77. The first-order chi connectivity index (χ1) is 13.9. The van der Waals surface area contributed by atoms with Crippen LogP contribution < -0.4 is 19.5 Å². The smallest absolute Gasteiger partial charge is 0.314 e. The molecule has 6 nitrogen and oxygen atoms in total. The lowest BCUT2D eigenvalue weighted by molar-refractivity contribution is -0.140. The number of ether oxygens (including phenoxy) is 3. The zero-order chi connectivity index (χ0) is 20.6. The molecule has 2 heterocycles. The summed E-state index contributed by atoms with van der Waals surface area (Å²) in [7, 11) is 0. The van der Waals surface area contributed by atoms with E-state index in [-0.39, 0.29) is 17.5 Å². The van der Waals surface area contributed by atoms with Crippen LogP contribution in [0.15, 0.2) is 24.3 Å². The summed E-state index contributed by atoms with van der Waals surface area (Å²) in [4.78, 5) is 24.8. The molecule has 1 fully saturated rings. The van der Waals surface area contributed by atoms with Crippen LogP contribution in [-0.4, -0.2) is 30.6 Å². The third-order valence-corrected chi connectivity index (χ3v) is 5.65. The molecule has 2 aliphatic rings. The monoisotopic (exact) mass is 397 g/mol. The van der Waals surface area contributed by atoms with Crippen LogP contribution in [0.2, 0.25) is 0 Å². The molecule has 0 aliphatic carbocycles. The van der Waals surface area contributed by atoms with Crippen molar-refractivity contribution in [2.45, 2.75) is 52.1 Å². The average molecular weight is 397 g/mol. The van der Waals surface area contributed by atoms with E-state index in [1.807, 2.05) is 38.1 Å². The molecule has 0 aromatic heterocycles. The van der Waals surface area contributed by atoms with Crippen molar-refractivity contribution in [1.29, 1.82) is 0 Å². The number of esters is 2. The van der Waals surface area contributed by atoms with Crippen molar-refractivity contribution in [2.24, 2.45) is 5.92 Å². The van der Waals surface area contributed by atoms with Gasteiger partial charge in [0.1, 0.15) is 11.4 Å². The summed E-state index contributed by atoms with van der Waals surface area (Å²) in [5, 5.41) is 4.81. The molecule has 0 amide bonds. The highest BCUT2D eigenvalue weighted by molar-refractivity contribution is 5.99. The highest BCUT2D eigenvalue weighted by Crippen LogP contribution is 2.50. The van der Waals surface area contributed by atoms with E-state index in [1.165, 1.54) is 6.92 Å². The van der Waals surface area contributed by atoms with Gasteiger partial charge >= 0.3 is 11.9 Å². The van der Waals surface area contributed by atoms with Crippen LogP contribution in [0, 0.1) is 5.92 Å². The lowest BCUT2D eigenvalue weighted by Crippen LogP contribution is -2.35. The Morgan fingerprint density at radius 3 is 2.45 bits per heavy atom.